The molecule has 0 aliphatic heterocycles. The van der Waals surface area contributed by atoms with E-state index in [0.717, 1.165) is 0 Å². The zero-order chi connectivity index (χ0) is 17.7. The van der Waals surface area contributed by atoms with Crippen LogP contribution in [0.15, 0.2) is 0 Å². The van der Waals surface area contributed by atoms with Crippen molar-refractivity contribution in [2.24, 2.45) is 0 Å². The zero-order valence-corrected chi connectivity index (χ0v) is 13.6. The van der Waals surface area contributed by atoms with Gasteiger partial charge in [-0.25, -0.2) is 16.8 Å². The van der Waals surface area contributed by atoms with Crippen molar-refractivity contribution in [3.63, 3.8) is 0 Å². The smallest absolute Gasteiger partial charge is 1.00 e. The first-order valence-corrected chi connectivity index (χ1v) is 6.71. The van der Waals surface area contributed by atoms with Crippen molar-refractivity contribution in [2.45, 2.75) is 22.9 Å². The van der Waals surface area contributed by atoms with E-state index in [1.165, 1.54) is 0 Å². The van der Waals surface area contributed by atoms with E-state index in [1.807, 2.05) is 0 Å². The van der Waals surface area contributed by atoms with Crippen LogP contribution in [0.2, 0.25) is 0 Å². The molecule has 0 aromatic heterocycles. The third-order valence-electron chi connectivity index (χ3n) is 1.50. The molecule has 0 spiro atoms. The van der Waals surface area contributed by atoms with Gasteiger partial charge < -0.3 is 16.5 Å². The summed E-state index contributed by atoms with van der Waals surface area (Å²) in [4.78, 5) is 0. The normalized spacial score (nSPS) is 14.7. The molecule has 0 saturated carbocycles. The Balaban J connectivity index is -0.00000200. The second kappa shape index (κ2) is 7.22. The summed E-state index contributed by atoms with van der Waals surface area (Å²) in [6.45, 7) is 0. The topological polar surface area (TPSA) is 82.4 Å². The van der Waals surface area contributed by atoms with Crippen molar-refractivity contribution in [3.8, 4) is 0 Å². The van der Waals surface area contributed by atoms with Crippen LogP contribution in [0, 0.1) is 0 Å². The van der Waals surface area contributed by atoms with Crippen LogP contribution in [0.4, 0.5) is 43.9 Å². The average molecular weight is 440 g/mol. The minimum atomic E-state index is -7.62. The van der Waals surface area contributed by atoms with Crippen molar-refractivity contribution in [1.29, 1.82) is 0 Å². The molecule has 23 heavy (non-hydrogen) atoms. The SMILES string of the molecule is O=S(=O)([N-]S(=O)(=O)C(F)(F)C(F)(F)F)C(F)(F)C(F)(F)F.[Cl-].[Mg+2]. The summed E-state index contributed by atoms with van der Waals surface area (Å²) >= 11 is 0. The number of sulfonamides is 2. The minimum absolute atomic E-state index is 0. The Morgan fingerprint density at radius 3 is 0.870 bits per heavy atom. The van der Waals surface area contributed by atoms with Crippen LogP contribution < -0.4 is 12.4 Å². The van der Waals surface area contributed by atoms with E-state index in [0.29, 0.717) is 4.13 Å². The first kappa shape index (κ1) is 28.0. The number of nitrogens with zero attached hydrogens (tertiary/aromatic N) is 1. The largest absolute Gasteiger partial charge is 2.00 e. The van der Waals surface area contributed by atoms with Crippen molar-refractivity contribution < 1.29 is 73.1 Å². The molecule has 0 aromatic rings. The zero-order valence-electron chi connectivity index (χ0n) is 9.76. The molecule has 19 heteroatoms. The van der Waals surface area contributed by atoms with Gasteiger partial charge in [0, 0.05) is 0 Å². The molecule has 0 unspecified atom stereocenters. The molecule has 0 aromatic carbocycles. The quantitative estimate of drug-likeness (QED) is 0.413. The molecule has 0 aliphatic rings. The van der Waals surface area contributed by atoms with Crippen molar-refractivity contribution in [2.75, 3.05) is 0 Å². The Hall–Kier alpha value is 0.216. The van der Waals surface area contributed by atoms with E-state index in [9.17, 15) is 60.7 Å². The summed E-state index contributed by atoms with van der Waals surface area (Å²) in [7, 11) is -15.2. The Labute approximate surface area is 143 Å². The van der Waals surface area contributed by atoms with Gasteiger partial charge in [0.15, 0.2) is 20.0 Å². The average Bonchev–Trinajstić information content (AvgIpc) is 2.11. The summed E-state index contributed by atoms with van der Waals surface area (Å²) in [5.74, 6) is 0. The maximum atomic E-state index is 12.3. The van der Waals surface area contributed by atoms with E-state index in [4.69, 9.17) is 0 Å². The van der Waals surface area contributed by atoms with E-state index in [-0.39, 0.29) is 35.5 Å². The molecule has 136 valence electrons. The molecule has 0 heterocycles. The second-order valence-electron chi connectivity index (χ2n) is 3.05. The predicted molar refractivity (Wildman–Crippen MR) is 49.0 cm³/mol. The molecule has 0 rings (SSSR count). The van der Waals surface area contributed by atoms with Crippen molar-refractivity contribution in [3.05, 3.63) is 4.13 Å². The standard InChI is InChI=1S/C4F10NO4S2.ClH.Mg/c5-1(6,7)3(11,12)20(16,17)15-21(18,19)4(13,14)2(8,9)10;;/h;1H;/q-1;;+2/p-1. The third-order valence-corrected chi connectivity index (χ3v) is 4.83. The number of halogens is 11. The van der Waals surface area contributed by atoms with Crippen LogP contribution in [0.3, 0.4) is 0 Å². The minimum Gasteiger partial charge on any atom is -1.00 e. The van der Waals surface area contributed by atoms with Gasteiger partial charge in [-0.1, -0.05) is 0 Å². The van der Waals surface area contributed by atoms with Crippen LogP contribution >= 0.6 is 0 Å². The molecule has 0 fully saturated rings. The summed E-state index contributed by atoms with van der Waals surface area (Å²) in [5, 5.41) is -14.0. The summed E-state index contributed by atoms with van der Waals surface area (Å²) < 4.78 is 161. The monoisotopic (exact) mass is 439 g/mol. The van der Waals surface area contributed by atoms with Gasteiger partial charge in [0.05, 0.1) is 0 Å². The van der Waals surface area contributed by atoms with E-state index in [1.54, 1.807) is 0 Å². The molecule has 0 aliphatic carbocycles. The van der Waals surface area contributed by atoms with Gasteiger partial charge >= 0.3 is 45.9 Å². The van der Waals surface area contributed by atoms with Gasteiger partial charge in [0.1, 0.15) is 0 Å². The van der Waals surface area contributed by atoms with Crippen LogP contribution in [0.1, 0.15) is 0 Å². The molecule has 0 saturated heterocycles. The molecular weight excluding hydrogens is 440 g/mol. The molecule has 5 nitrogen and oxygen atoms in total. The molecule has 0 bridgehead atoms. The van der Waals surface area contributed by atoms with Crippen LogP contribution in [0.25, 0.3) is 4.13 Å². The first-order chi connectivity index (χ1) is 8.71. The fourth-order valence-corrected chi connectivity index (χ4v) is 2.88. The Morgan fingerprint density at radius 2 is 0.739 bits per heavy atom. The van der Waals surface area contributed by atoms with Crippen molar-refractivity contribution >= 4 is 43.1 Å². The van der Waals surface area contributed by atoms with E-state index < -0.39 is 42.9 Å². The Kier molecular flexibility index (Phi) is 8.80. The van der Waals surface area contributed by atoms with Crippen molar-refractivity contribution in [1.82, 2.24) is 0 Å². The van der Waals surface area contributed by atoms with Gasteiger partial charge in [0.2, 0.25) is 0 Å². The first-order valence-electron chi connectivity index (χ1n) is 3.83. The Bertz CT molecular complexity index is 556. The fourth-order valence-electron chi connectivity index (χ4n) is 0.515. The molecule has 0 atom stereocenters. The van der Waals surface area contributed by atoms with Crippen LogP contribution in [-0.4, -0.2) is 62.8 Å². The predicted octanol–water partition coefficient (Wildman–Crippen LogP) is -1.05. The van der Waals surface area contributed by atoms with E-state index >= 15 is 0 Å². The van der Waals surface area contributed by atoms with Crippen LogP contribution in [-0.2, 0) is 20.0 Å². The third kappa shape index (κ3) is 5.09. The molecular formula is C4ClF10MgNO4S2. The van der Waals surface area contributed by atoms with Crippen LogP contribution in [0.5, 0.6) is 0 Å². The summed E-state index contributed by atoms with van der Waals surface area (Å²) in [6, 6.07) is 0. The molecule has 0 N–H and O–H groups in total. The van der Waals surface area contributed by atoms with E-state index in [2.05, 4.69) is 0 Å². The second-order valence-corrected chi connectivity index (χ2v) is 6.58. The molecule has 0 amide bonds. The fraction of sp³-hybridized carbons (Fsp3) is 1.00. The van der Waals surface area contributed by atoms with Gasteiger partial charge in [-0.2, -0.15) is 43.9 Å². The maximum Gasteiger partial charge on any atom is 2.00 e. The number of alkyl halides is 10. The number of hydrogen-bond donors (Lipinski definition) is 0. The summed E-state index contributed by atoms with van der Waals surface area (Å²) in [6.07, 6.45) is -14.0. The maximum absolute atomic E-state index is 12.3. The van der Waals surface area contributed by atoms with Gasteiger partial charge in [-0.15, -0.1) is 0 Å². The van der Waals surface area contributed by atoms with Gasteiger partial charge in [0.25, 0.3) is 0 Å². The summed E-state index contributed by atoms with van der Waals surface area (Å²) in [5.41, 5.74) is 0. The van der Waals surface area contributed by atoms with Gasteiger partial charge in [-0.3, -0.25) is 0 Å². The number of rotatable bonds is 4. The molecule has 0 radical (unpaired) electrons. The van der Waals surface area contributed by atoms with Gasteiger partial charge in [-0.05, 0) is 0 Å². The Morgan fingerprint density at radius 1 is 0.565 bits per heavy atom. The number of hydrogen-bond acceptors (Lipinski definition) is 4.